The number of carbonyl (C=O) groups is 16. The minimum absolute atomic E-state index is 0.100. The summed E-state index contributed by atoms with van der Waals surface area (Å²) < 4.78 is 107. The number of esters is 12. The third kappa shape index (κ3) is 27.8. The summed E-state index contributed by atoms with van der Waals surface area (Å²) >= 11 is 0. The van der Waals surface area contributed by atoms with Crippen molar-refractivity contribution in [2.45, 2.75) is 264 Å². The fraction of sp³-hybridized carbons (Fsp3) is 0.707. The molecule has 4 bridgehead atoms. The summed E-state index contributed by atoms with van der Waals surface area (Å²) in [4.78, 5) is 205. The van der Waals surface area contributed by atoms with Gasteiger partial charge in [-0.05, 0) is 79.6 Å². The molecule has 39 heteroatoms. The van der Waals surface area contributed by atoms with E-state index in [1.165, 1.54) is 0 Å². The SMILES string of the molecule is CC(=O)OC[C@H]1O[C@H](OCCNC(=O)CCC23CC4(CCC(=O)NCCO[C@H]5O[C@H](COC(C)=O)[C@@H](OC(C)=O)[C@H](OC(C)=O)[C@@H]5OC(C)=O)CC(CCC(=O)NCCO[C@H]5O[C@H](COC(C)=O)[C@@H](OC(C)=O)[C@H](OC(C)=O)[C@@H]5OC(C)=O)(C2)CC(NC(=O)OCc2ccccc2)(C3)C4)[C@@H](OC(C)=O)[C@@H](OC(C)=O)[C@@H]1OC(C)=O. The number of benzene rings is 1. The maximum Gasteiger partial charge on any atom is 0.407 e. The van der Waals surface area contributed by atoms with Crippen LogP contribution in [0.3, 0.4) is 0 Å². The fourth-order valence-corrected chi connectivity index (χ4v) is 16.7. The van der Waals surface area contributed by atoms with Gasteiger partial charge in [0.25, 0.3) is 0 Å². The molecule has 4 aliphatic carbocycles. The molecule has 0 unspecified atom stereocenters. The lowest BCUT2D eigenvalue weighted by Gasteiger charge is -2.71. The van der Waals surface area contributed by atoms with E-state index in [0.717, 1.165) is 83.1 Å². The van der Waals surface area contributed by atoms with E-state index in [9.17, 15) is 76.7 Å². The van der Waals surface area contributed by atoms with E-state index in [2.05, 4.69) is 21.3 Å². The predicted molar refractivity (Wildman–Crippen MR) is 378 cm³/mol. The molecule has 1 aromatic carbocycles. The van der Waals surface area contributed by atoms with Crippen molar-refractivity contribution in [2.24, 2.45) is 16.2 Å². The van der Waals surface area contributed by atoms with Gasteiger partial charge >= 0.3 is 77.7 Å². The molecule has 4 amide bonds. The Morgan fingerprint density at radius 3 is 0.860 bits per heavy atom. The normalized spacial score (nSPS) is 29.7. The molecule has 0 spiro atoms. The average Bonchev–Trinajstić information content (AvgIpc) is 0.684. The highest BCUT2D eigenvalue weighted by molar-refractivity contribution is 5.78. The quantitative estimate of drug-likeness (QED) is 0.0416. The summed E-state index contributed by atoms with van der Waals surface area (Å²) in [6.07, 6.45) is -20.3. The molecule has 4 saturated carbocycles. The first kappa shape index (κ1) is 91.5. The molecule has 634 valence electrons. The van der Waals surface area contributed by atoms with Crippen LogP contribution in [-0.4, -0.2) is 252 Å². The van der Waals surface area contributed by atoms with Gasteiger partial charge in [0.2, 0.25) is 17.7 Å². The third-order valence-corrected chi connectivity index (χ3v) is 19.6. The summed E-state index contributed by atoms with van der Waals surface area (Å²) in [6, 6.07) is 8.94. The lowest BCUT2D eigenvalue weighted by Crippen LogP contribution is -2.69. The Morgan fingerprint density at radius 1 is 0.333 bits per heavy atom. The van der Waals surface area contributed by atoms with E-state index >= 15 is 0 Å². The van der Waals surface area contributed by atoms with E-state index in [-0.39, 0.29) is 84.6 Å². The molecule has 7 aliphatic rings. The Balaban J connectivity index is 1.13. The van der Waals surface area contributed by atoms with E-state index in [1.54, 1.807) is 30.3 Å². The van der Waals surface area contributed by atoms with Crippen molar-refractivity contribution >= 4 is 95.4 Å². The molecular weight excluding hydrogens is 1520 g/mol. The van der Waals surface area contributed by atoms with E-state index in [4.69, 9.17) is 90.0 Å². The first-order valence-corrected chi connectivity index (χ1v) is 37.3. The summed E-state index contributed by atoms with van der Waals surface area (Å²) in [5, 5.41) is 11.8. The topological polar surface area (TPSA) is 497 Å². The van der Waals surface area contributed by atoms with Crippen molar-refractivity contribution in [1.82, 2.24) is 21.3 Å². The summed E-state index contributed by atoms with van der Waals surface area (Å²) in [5.74, 6) is -11.3. The second kappa shape index (κ2) is 42.1. The first-order valence-electron chi connectivity index (χ1n) is 37.3. The van der Waals surface area contributed by atoms with Crippen LogP contribution in [0.1, 0.15) is 166 Å². The number of rotatable bonds is 39. The van der Waals surface area contributed by atoms with Crippen LogP contribution in [0.15, 0.2) is 30.3 Å². The van der Waals surface area contributed by atoms with Crippen LogP contribution in [-0.2, 0) is 169 Å². The molecule has 39 nitrogen and oxygen atoms in total. The molecule has 8 rings (SSSR count). The Bertz CT molecular complexity index is 3290. The fourth-order valence-electron chi connectivity index (χ4n) is 16.7. The van der Waals surface area contributed by atoms with Crippen LogP contribution in [0, 0.1) is 16.2 Å². The highest BCUT2D eigenvalue weighted by Crippen LogP contribution is 2.74. The van der Waals surface area contributed by atoms with Crippen molar-refractivity contribution in [3.63, 3.8) is 0 Å². The molecular formula is C75H104N4O35. The van der Waals surface area contributed by atoms with Gasteiger partial charge in [-0.15, -0.1) is 0 Å². The molecule has 15 atom stereocenters. The van der Waals surface area contributed by atoms with Crippen LogP contribution >= 0.6 is 0 Å². The highest BCUT2D eigenvalue weighted by Gasteiger charge is 2.68. The van der Waals surface area contributed by atoms with Gasteiger partial charge < -0.3 is 111 Å². The van der Waals surface area contributed by atoms with Gasteiger partial charge in [-0.25, -0.2) is 4.79 Å². The molecule has 3 heterocycles. The minimum Gasteiger partial charge on any atom is -0.463 e. The monoisotopic (exact) mass is 1620 g/mol. The van der Waals surface area contributed by atoms with Crippen LogP contribution in [0.5, 0.6) is 0 Å². The molecule has 7 fully saturated rings. The number of alkyl carbamates (subject to hydrolysis) is 1. The van der Waals surface area contributed by atoms with Gasteiger partial charge in [-0.2, -0.15) is 0 Å². The van der Waals surface area contributed by atoms with Gasteiger partial charge in [0.1, 0.15) is 44.7 Å². The lowest BCUT2D eigenvalue weighted by atomic mass is 9.35. The van der Waals surface area contributed by atoms with Crippen molar-refractivity contribution in [2.75, 3.05) is 59.3 Å². The highest BCUT2D eigenvalue weighted by atomic mass is 16.8. The Hall–Kier alpha value is -9.70. The first-order chi connectivity index (χ1) is 53.8. The van der Waals surface area contributed by atoms with Gasteiger partial charge in [0, 0.05) is 128 Å². The minimum atomic E-state index is -1.55. The van der Waals surface area contributed by atoms with Gasteiger partial charge in [-0.3, -0.25) is 71.9 Å². The number of carbonyl (C=O) groups excluding carboxylic acids is 16. The predicted octanol–water partition coefficient (Wildman–Crippen LogP) is 1.98. The lowest BCUT2D eigenvalue weighted by molar-refractivity contribution is -0.307. The summed E-state index contributed by atoms with van der Waals surface area (Å²) in [5.41, 5.74) is -2.73. The largest absolute Gasteiger partial charge is 0.463 e. The molecule has 3 saturated heterocycles. The van der Waals surface area contributed by atoms with E-state index in [1.807, 2.05) is 0 Å². The maximum atomic E-state index is 14.4. The average molecular weight is 1620 g/mol. The number of hydrogen-bond acceptors (Lipinski definition) is 35. The maximum absolute atomic E-state index is 14.4. The molecule has 0 radical (unpaired) electrons. The molecule has 1 aromatic rings. The van der Waals surface area contributed by atoms with Gasteiger partial charge in [0.05, 0.1) is 19.8 Å². The molecule has 0 aromatic heterocycles. The second-order valence-electron chi connectivity index (χ2n) is 29.4. The van der Waals surface area contributed by atoms with Crippen LogP contribution in [0.25, 0.3) is 0 Å². The molecule has 4 N–H and O–H groups in total. The summed E-state index contributed by atoms with van der Waals surface area (Å²) in [6.45, 7) is 9.83. The van der Waals surface area contributed by atoms with Crippen LogP contribution in [0.4, 0.5) is 4.79 Å². The second-order valence-corrected chi connectivity index (χ2v) is 29.4. The Labute approximate surface area is 657 Å². The standard InChI is InChI=1S/C75H104N4O35/c1-40(80)99-31-53-59(103-43(4)83)62(106-46(7)86)65(109-49(10)89)68(112-53)96-27-24-76-56(92)18-21-72-34-73(22-19-57(93)77-25-28-97-69-66(110-50(11)90)63(107-47(8)87)60(104-44(5)84)54(113-69)32-100-41(2)81)36-74(35-72,39-75(37-72,38-73)79-71(95)102-30-52-16-14-13-15-17-52)23-20-58(94)78-26-29-98-70-67(111-51(12)91)64(108-48(9)88)61(105-45(6)85)55(114-70)33-101-42(3)82/h13-17,53-55,59-70H,18-39H2,1-12H3,(H,76,92)(H,77,93)(H,78,94)(H,79,95)/t53-,54-,55-,59-,60-,61-,62+,63+,64+,65+,66+,67+,68+,69+,70+,72?,73?,74?,75?/m1/s1. The number of ether oxygens (including phenoxy) is 19. The van der Waals surface area contributed by atoms with E-state index in [0.29, 0.717) is 44.1 Å². The third-order valence-electron chi connectivity index (χ3n) is 19.6. The zero-order valence-corrected chi connectivity index (χ0v) is 65.9. The van der Waals surface area contributed by atoms with Crippen molar-refractivity contribution in [3.8, 4) is 0 Å². The number of hydrogen-bond donors (Lipinski definition) is 4. The van der Waals surface area contributed by atoms with Crippen LogP contribution in [0.2, 0.25) is 0 Å². The zero-order chi connectivity index (χ0) is 83.8. The molecule has 114 heavy (non-hydrogen) atoms. The van der Waals surface area contributed by atoms with Crippen molar-refractivity contribution < 1.29 is 167 Å². The summed E-state index contributed by atoms with van der Waals surface area (Å²) in [7, 11) is 0. The Morgan fingerprint density at radius 2 is 0.596 bits per heavy atom. The van der Waals surface area contributed by atoms with E-state index < -0.39 is 229 Å². The van der Waals surface area contributed by atoms with Gasteiger partial charge in [-0.1, -0.05) is 30.3 Å². The Kier molecular flexibility index (Phi) is 33.8. The van der Waals surface area contributed by atoms with Crippen molar-refractivity contribution in [3.05, 3.63) is 35.9 Å². The van der Waals surface area contributed by atoms with Crippen molar-refractivity contribution in [1.29, 1.82) is 0 Å². The number of amides is 4. The smallest absolute Gasteiger partial charge is 0.407 e. The van der Waals surface area contributed by atoms with Gasteiger partial charge in [0.15, 0.2) is 73.8 Å². The number of nitrogens with one attached hydrogen (secondary N) is 4. The van der Waals surface area contributed by atoms with Crippen LogP contribution < -0.4 is 21.3 Å². The molecule has 3 aliphatic heterocycles. The zero-order valence-electron chi connectivity index (χ0n) is 65.9.